The maximum atomic E-state index is 5.53. The molecule has 0 spiro atoms. The molecular formula is C10H13N3OS2. The van der Waals surface area contributed by atoms with Crippen LogP contribution in [0.15, 0.2) is 21.3 Å². The largest absolute Gasteiger partial charge is 0.338 e. The first kappa shape index (κ1) is 11.6. The quantitative estimate of drug-likeness (QED) is 0.888. The van der Waals surface area contributed by atoms with Crippen molar-refractivity contribution in [3.05, 3.63) is 22.7 Å². The first-order chi connectivity index (χ1) is 7.79. The van der Waals surface area contributed by atoms with Crippen LogP contribution in [0.1, 0.15) is 12.8 Å². The molecule has 0 amide bonds. The molecule has 0 aromatic carbocycles. The van der Waals surface area contributed by atoms with Crippen LogP contribution in [0.4, 0.5) is 0 Å². The van der Waals surface area contributed by atoms with Crippen LogP contribution in [0.2, 0.25) is 0 Å². The molecule has 6 heteroatoms. The van der Waals surface area contributed by atoms with Crippen LogP contribution in [0.3, 0.4) is 0 Å². The highest BCUT2D eigenvalue weighted by Gasteiger charge is 2.10. The van der Waals surface area contributed by atoms with E-state index in [0.717, 1.165) is 11.3 Å². The fourth-order valence-corrected chi connectivity index (χ4v) is 2.42. The molecule has 0 aliphatic heterocycles. The predicted octanol–water partition coefficient (Wildman–Crippen LogP) is 2.38. The molecule has 0 radical (unpaired) electrons. The highest BCUT2D eigenvalue weighted by atomic mass is 32.2. The lowest BCUT2D eigenvalue weighted by molar-refractivity contribution is 0.391. The van der Waals surface area contributed by atoms with Crippen LogP contribution in [-0.2, 0) is 5.75 Å². The van der Waals surface area contributed by atoms with Gasteiger partial charge in [-0.05, 0) is 11.4 Å². The lowest BCUT2D eigenvalue weighted by Crippen LogP contribution is -2.12. The first-order valence-electron chi connectivity index (χ1n) is 4.96. The SMILES string of the molecule is CC(CN)SCc1nc(-c2ccsc2)no1. The van der Waals surface area contributed by atoms with E-state index in [4.69, 9.17) is 10.3 Å². The summed E-state index contributed by atoms with van der Waals surface area (Å²) in [5.41, 5.74) is 6.54. The van der Waals surface area contributed by atoms with Crippen molar-refractivity contribution in [2.45, 2.75) is 17.9 Å². The van der Waals surface area contributed by atoms with E-state index in [9.17, 15) is 0 Å². The summed E-state index contributed by atoms with van der Waals surface area (Å²) in [5.74, 6) is 2.04. The van der Waals surface area contributed by atoms with E-state index in [1.807, 2.05) is 16.8 Å². The standard InChI is InChI=1S/C10H13N3OS2/c1-7(4-11)16-6-9-12-10(13-14-9)8-2-3-15-5-8/h2-3,5,7H,4,6,11H2,1H3. The zero-order valence-electron chi connectivity index (χ0n) is 8.92. The molecule has 1 unspecified atom stereocenters. The van der Waals surface area contributed by atoms with Crippen LogP contribution in [0.25, 0.3) is 11.4 Å². The van der Waals surface area contributed by atoms with Crippen LogP contribution in [0.5, 0.6) is 0 Å². The normalized spacial score (nSPS) is 12.9. The zero-order chi connectivity index (χ0) is 11.4. The van der Waals surface area contributed by atoms with E-state index >= 15 is 0 Å². The Morgan fingerprint density at radius 1 is 1.62 bits per heavy atom. The van der Waals surface area contributed by atoms with Gasteiger partial charge in [0.15, 0.2) is 0 Å². The number of nitrogens with two attached hydrogens (primary N) is 1. The summed E-state index contributed by atoms with van der Waals surface area (Å²) in [4.78, 5) is 4.33. The third-order valence-corrected chi connectivity index (χ3v) is 3.93. The van der Waals surface area contributed by atoms with Crippen molar-refractivity contribution in [2.75, 3.05) is 6.54 Å². The minimum absolute atomic E-state index is 0.413. The molecule has 0 bridgehead atoms. The smallest absolute Gasteiger partial charge is 0.236 e. The topological polar surface area (TPSA) is 64.9 Å². The maximum absolute atomic E-state index is 5.53. The van der Waals surface area contributed by atoms with Gasteiger partial charge in [0.25, 0.3) is 0 Å². The minimum atomic E-state index is 0.413. The third kappa shape index (κ3) is 2.84. The average Bonchev–Trinajstić information content (AvgIpc) is 2.95. The van der Waals surface area contributed by atoms with Gasteiger partial charge in [0.05, 0.1) is 5.75 Å². The third-order valence-electron chi connectivity index (χ3n) is 2.07. The van der Waals surface area contributed by atoms with Crippen LogP contribution < -0.4 is 5.73 Å². The summed E-state index contributed by atoms with van der Waals surface area (Å²) in [6, 6.07) is 1.98. The van der Waals surface area contributed by atoms with Crippen molar-refractivity contribution in [1.29, 1.82) is 0 Å². The Labute approximate surface area is 102 Å². The van der Waals surface area contributed by atoms with Crippen molar-refractivity contribution < 1.29 is 4.52 Å². The first-order valence-corrected chi connectivity index (χ1v) is 6.95. The Morgan fingerprint density at radius 3 is 3.19 bits per heavy atom. The summed E-state index contributed by atoms with van der Waals surface area (Å²) < 4.78 is 5.17. The molecule has 0 aliphatic rings. The Balaban J connectivity index is 1.98. The van der Waals surface area contributed by atoms with Crippen molar-refractivity contribution in [3.63, 3.8) is 0 Å². The van der Waals surface area contributed by atoms with Crippen molar-refractivity contribution >= 4 is 23.1 Å². The molecular weight excluding hydrogens is 242 g/mol. The number of thioether (sulfide) groups is 1. The van der Waals surface area contributed by atoms with Crippen LogP contribution in [-0.4, -0.2) is 21.9 Å². The number of thiophene rings is 1. The van der Waals surface area contributed by atoms with Gasteiger partial charge in [-0.25, -0.2) is 0 Å². The molecule has 16 heavy (non-hydrogen) atoms. The van der Waals surface area contributed by atoms with Gasteiger partial charge in [0, 0.05) is 22.7 Å². The molecule has 0 saturated heterocycles. The van der Waals surface area contributed by atoms with Crippen LogP contribution >= 0.6 is 23.1 Å². The zero-order valence-corrected chi connectivity index (χ0v) is 10.6. The Morgan fingerprint density at radius 2 is 2.50 bits per heavy atom. The molecule has 0 fully saturated rings. The molecule has 2 N–H and O–H groups in total. The predicted molar refractivity (Wildman–Crippen MR) is 67.4 cm³/mol. The number of aromatic nitrogens is 2. The van der Waals surface area contributed by atoms with Gasteiger partial charge >= 0.3 is 0 Å². The lowest BCUT2D eigenvalue weighted by atomic mass is 10.3. The molecule has 0 saturated carbocycles. The molecule has 2 rings (SSSR count). The van der Waals surface area contributed by atoms with Gasteiger partial charge < -0.3 is 10.3 Å². The molecule has 86 valence electrons. The second-order valence-corrected chi connectivity index (χ2v) is 5.59. The summed E-state index contributed by atoms with van der Waals surface area (Å²) >= 11 is 3.34. The highest BCUT2D eigenvalue weighted by Crippen LogP contribution is 2.21. The Hall–Kier alpha value is -0.850. The van der Waals surface area contributed by atoms with Gasteiger partial charge in [0.2, 0.25) is 11.7 Å². The summed E-state index contributed by atoms with van der Waals surface area (Å²) in [5, 5.41) is 8.35. The molecule has 4 nitrogen and oxygen atoms in total. The number of hydrogen-bond donors (Lipinski definition) is 1. The lowest BCUT2D eigenvalue weighted by Gasteiger charge is -2.03. The fourth-order valence-electron chi connectivity index (χ4n) is 1.10. The maximum Gasteiger partial charge on any atom is 0.236 e. The van der Waals surface area contributed by atoms with E-state index in [-0.39, 0.29) is 0 Å². The molecule has 2 heterocycles. The minimum Gasteiger partial charge on any atom is -0.338 e. The monoisotopic (exact) mass is 255 g/mol. The summed E-state index contributed by atoms with van der Waals surface area (Å²) in [6.45, 7) is 2.75. The second-order valence-electron chi connectivity index (χ2n) is 3.38. The number of nitrogens with zero attached hydrogens (tertiary/aromatic N) is 2. The number of hydrogen-bond acceptors (Lipinski definition) is 6. The Kier molecular flexibility index (Phi) is 3.98. The van der Waals surface area contributed by atoms with Gasteiger partial charge in [0.1, 0.15) is 0 Å². The highest BCUT2D eigenvalue weighted by molar-refractivity contribution is 7.99. The number of rotatable bonds is 5. The van der Waals surface area contributed by atoms with Crippen molar-refractivity contribution in [3.8, 4) is 11.4 Å². The van der Waals surface area contributed by atoms with E-state index in [1.54, 1.807) is 23.1 Å². The molecule has 0 aliphatic carbocycles. The van der Waals surface area contributed by atoms with Crippen molar-refractivity contribution in [2.24, 2.45) is 5.73 Å². The van der Waals surface area contributed by atoms with E-state index in [0.29, 0.717) is 23.5 Å². The molecule has 2 aromatic rings. The van der Waals surface area contributed by atoms with Gasteiger partial charge in [-0.3, -0.25) is 0 Å². The van der Waals surface area contributed by atoms with Gasteiger partial charge in [-0.15, -0.1) is 11.8 Å². The molecule has 2 aromatic heterocycles. The van der Waals surface area contributed by atoms with E-state index in [1.165, 1.54) is 0 Å². The van der Waals surface area contributed by atoms with Gasteiger partial charge in [-0.1, -0.05) is 12.1 Å². The van der Waals surface area contributed by atoms with E-state index in [2.05, 4.69) is 17.1 Å². The fraction of sp³-hybridized carbons (Fsp3) is 0.400. The summed E-state index contributed by atoms with van der Waals surface area (Å²) in [6.07, 6.45) is 0. The summed E-state index contributed by atoms with van der Waals surface area (Å²) in [7, 11) is 0. The van der Waals surface area contributed by atoms with Crippen molar-refractivity contribution in [1.82, 2.24) is 10.1 Å². The second kappa shape index (κ2) is 5.47. The Bertz CT molecular complexity index is 427. The van der Waals surface area contributed by atoms with Gasteiger partial charge in [-0.2, -0.15) is 16.3 Å². The molecule has 1 atom stereocenters. The van der Waals surface area contributed by atoms with E-state index < -0.39 is 0 Å². The van der Waals surface area contributed by atoms with Crippen LogP contribution in [0, 0.1) is 0 Å². The average molecular weight is 255 g/mol.